The molecular weight excluding hydrogens is 400 g/mol. The van der Waals surface area contributed by atoms with Crippen molar-refractivity contribution < 1.29 is 29.0 Å². The lowest BCUT2D eigenvalue weighted by atomic mass is 9.78. The molecule has 0 radical (unpaired) electrons. The Morgan fingerprint density at radius 2 is 2.06 bits per heavy atom. The summed E-state index contributed by atoms with van der Waals surface area (Å²) >= 11 is 0. The molecule has 0 aromatic carbocycles. The van der Waals surface area contributed by atoms with E-state index >= 15 is 0 Å². The second-order valence-corrected chi connectivity index (χ2v) is 8.87. The first-order chi connectivity index (χ1) is 15.0. The molecule has 0 aromatic heterocycles. The first kappa shape index (κ1) is 22.0. The van der Waals surface area contributed by atoms with Crippen molar-refractivity contribution in [2.24, 2.45) is 11.8 Å². The number of esters is 1. The molecule has 0 bridgehead atoms. The number of amides is 2. The van der Waals surface area contributed by atoms with Gasteiger partial charge in [0.15, 0.2) is 0 Å². The molecule has 4 rings (SSSR count). The number of cyclic esters (lactones) is 1. The average Bonchev–Trinajstić information content (AvgIpc) is 3.13. The van der Waals surface area contributed by atoms with Gasteiger partial charge in [-0.05, 0) is 26.2 Å². The van der Waals surface area contributed by atoms with E-state index in [0.29, 0.717) is 19.6 Å². The number of aliphatic hydroxyl groups excluding tert-OH is 1. The third-order valence-corrected chi connectivity index (χ3v) is 6.96. The van der Waals surface area contributed by atoms with E-state index in [9.17, 15) is 19.5 Å². The molecule has 2 amide bonds. The highest BCUT2D eigenvalue weighted by molar-refractivity contribution is 5.99. The highest BCUT2D eigenvalue weighted by Crippen LogP contribution is 2.53. The zero-order valence-corrected chi connectivity index (χ0v) is 18.2. The molecular formula is C23H32N2O6. The standard InChI is InChI=1S/C23H32N2O6/c1-3-8-15(2)24-11-7-10-23-18(20(27)25(12-13-26)19(23)21(24)28)17-16(31-23)9-5-4-6-14-30-22(17)29/h5,7,9-10,15-19,26H,3-4,6,8,11-14H2,1-2H3/b9-5-/t15?,16-,17+,18+,19?,23+/m1/s1. The molecule has 4 aliphatic rings. The zero-order chi connectivity index (χ0) is 22.2. The number of nitrogens with zero attached hydrogens (tertiary/aromatic N) is 2. The third kappa shape index (κ3) is 3.49. The Balaban J connectivity index is 1.79. The fourth-order valence-electron chi connectivity index (χ4n) is 5.59. The molecule has 170 valence electrons. The minimum Gasteiger partial charge on any atom is -0.465 e. The van der Waals surface area contributed by atoms with Crippen LogP contribution in [0.25, 0.3) is 0 Å². The smallest absolute Gasteiger partial charge is 0.312 e. The molecule has 0 aromatic rings. The van der Waals surface area contributed by atoms with Gasteiger partial charge in [0.25, 0.3) is 0 Å². The summed E-state index contributed by atoms with van der Waals surface area (Å²) < 4.78 is 11.9. The predicted octanol–water partition coefficient (Wildman–Crippen LogP) is 1.04. The number of hydrogen-bond donors (Lipinski definition) is 1. The van der Waals surface area contributed by atoms with Crippen molar-refractivity contribution in [3.8, 4) is 0 Å². The molecule has 0 aliphatic carbocycles. The number of β-amino-alcohol motifs (C(OH)–C–C–N with tert-alkyl or cyclic N) is 1. The van der Waals surface area contributed by atoms with Crippen molar-refractivity contribution in [2.45, 2.75) is 63.3 Å². The summed E-state index contributed by atoms with van der Waals surface area (Å²) in [6, 6.07) is -0.905. The van der Waals surface area contributed by atoms with E-state index in [2.05, 4.69) is 6.92 Å². The van der Waals surface area contributed by atoms with Crippen LogP contribution < -0.4 is 0 Å². The summed E-state index contributed by atoms with van der Waals surface area (Å²) in [5.74, 6) is -2.66. The Labute approximate surface area is 182 Å². The monoisotopic (exact) mass is 432 g/mol. The highest BCUT2D eigenvalue weighted by atomic mass is 16.6. The second-order valence-electron chi connectivity index (χ2n) is 8.87. The van der Waals surface area contributed by atoms with E-state index in [0.717, 1.165) is 19.3 Å². The van der Waals surface area contributed by atoms with Gasteiger partial charge >= 0.3 is 5.97 Å². The maximum Gasteiger partial charge on any atom is 0.312 e. The second kappa shape index (κ2) is 8.74. The lowest BCUT2D eigenvalue weighted by Crippen LogP contribution is -2.57. The van der Waals surface area contributed by atoms with Crippen LogP contribution in [0.1, 0.15) is 39.5 Å². The SMILES string of the molecule is CCCC(C)N1CC=C[C@]23O[C@@H]4/C=C\CCCOC(=O)[C@@H]4[C@H]2C(=O)N(CCO)C3C1=O. The fourth-order valence-corrected chi connectivity index (χ4v) is 5.59. The largest absolute Gasteiger partial charge is 0.465 e. The number of ether oxygens (including phenoxy) is 2. The van der Waals surface area contributed by atoms with Crippen LogP contribution in [0, 0.1) is 11.8 Å². The van der Waals surface area contributed by atoms with Crippen LogP contribution in [-0.2, 0) is 23.9 Å². The predicted molar refractivity (Wildman–Crippen MR) is 112 cm³/mol. The van der Waals surface area contributed by atoms with Gasteiger partial charge in [-0.2, -0.15) is 0 Å². The molecule has 0 saturated carbocycles. The number of aliphatic hydroxyl groups is 1. The minimum absolute atomic E-state index is 0.00545. The van der Waals surface area contributed by atoms with Crippen molar-refractivity contribution >= 4 is 17.8 Å². The van der Waals surface area contributed by atoms with Gasteiger partial charge in [0.1, 0.15) is 17.6 Å². The lowest BCUT2D eigenvalue weighted by molar-refractivity contribution is -0.155. The lowest BCUT2D eigenvalue weighted by Gasteiger charge is -2.37. The molecule has 6 atom stereocenters. The molecule has 1 spiro atoms. The van der Waals surface area contributed by atoms with Crippen LogP contribution in [0.3, 0.4) is 0 Å². The number of rotatable bonds is 5. The van der Waals surface area contributed by atoms with E-state index < -0.39 is 35.6 Å². The minimum atomic E-state index is -1.25. The van der Waals surface area contributed by atoms with E-state index in [-0.39, 0.29) is 31.0 Å². The third-order valence-electron chi connectivity index (χ3n) is 6.96. The summed E-state index contributed by atoms with van der Waals surface area (Å²) in [4.78, 5) is 43.5. The Morgan fingerprint density at radius 3 is 2.81 bits per heavy atom. The maximum atomic E-state index is 13.8. The topological polar surface area (TPSA) is 96.4 Å². The maximum absolute atomic E-state index is 13.8. The van der Waals surface area contributed by atoms with Gasteiger partial charge in [0.05, 0.1) is 25.2 Å². The highest BCUT2D eigenvalue weighted by Gasteiger charge is 2.71. The van der Waals surface area contributed by atoms with Crippen LogP contribution >= 0.6 is 0 Å². The van der Waals surface area contributed by atoms with Gasteiger partial charge in [0, 0.05) is 19.1 Å². The van der Waals surface area contributed by atoms with Crippen LogP contribution in [0.4, 0.5) is 0 Å². The Hall–Kier alpha value is -2.19. The number of likely N-dealkylation sites (tertiary alicyclic amines) is 1. The van der Waals surface area contributed by atoms with E-state index in [1.54, 1.807) is 4.90 Å². The molecule has 1 N–H and O–H groups in total. The van der Waals surface area contributed by atoms with Gasteiger partial charge in [-0.15, -0.1) is 0 Å². The summed E-state index contributed by atoms with van der Waals surface area (Å²) in [5, 5.41) is 9.63. The fraction of sp³-hybridized carbons (Fsp3) is 0.696. The van der Waals surface area contributed by atoms with Gasteiger partial charge in [-0.1, -0.05) is 37.6 Å². The van der Waals surface area contributed by atoms with Crippen molar-refractivity contribution in [1.29, 1.82) is 0 Å². The quantitative estimate of drug-likeness (QED) is 0.515. The normalized spacial score (nSPS) is 37.2. The molecule has 8 heteroatoms. The number of hydrogen-bond acceptors (Lipinski definition) is 6. The van der Waals surface area contributed by atoms with E-state index in [4.69, 9.17) is 9.47 Å². The molecule has 31 heavy (non-hydrogen) atoms. The summed E-state index contributed by atoms with van der Waals surface area (Å²) in [7, 11) is 0. The van der Waals surface area contributed by atoms with Crippen molar-refractivity contribution in [2.75, 3.05) is 26.3 Å². The van der Waals surface area contributed by atoms with Crippen molar-refractivity contribution in [3.05, 3.63) is 24.3 Å². The van der Waals surface area contributed by atoms with Gasteiger partial charge in [0.2, 0.25) is 11.8 Å². The molecule has 2 fully saturated rings. The van der Waals surface area contributed by atoms with Gasteiger partial charge < -0.3 is 24.4 Å². The first-order valence-electron chi connectivity index (χ1n) is 11.4. The molecule has 8 nitrogen and oxygen atoms in total. The van der Waals surface area contributed by atoms with Gasteiger partial charge in [-0.3, -0.25) is 14.4 Å². The summed E-state index contributed by atoms with van der Waals surface area (Å²) in [6.45, 7) is 4.53. The Kier molecular flexibility index (Phi) is 6.21. The average molecular weight is 433 g/mol. The molecule has 4 heterocycles. The van der Waals surface area contributed by atoms with E-state index in [1.807, 2.05) is 31.2 Å². The number of fused-ring (bicyclic) bond motifs is 2. The molecule has 2 unspecified atom stereocenters. The van der Waals surface area contributed by atoms with Crippen molar-refractivity contribution in [1.82, 2.24) is 9.80 Å². The van der Waals surface area contributed by atoms with Crippen molar-refractivity contribution in [3.63, 3.8) is 0 Å². The Morgan fingerprint density at radius 1 is 1.26 bits per heavy atom. The Bertz CT molecular complexity index is 795. The zero-order valence-electron chi connectivity index (χ0n) is 18.2. The van der Waals surface area contributed by atoms with E-state index in [1.165, 1.54) is 4.90 Å². The van der Waals surface area contributed by atoms with Crippen LogP contribution in [0.15, 0.2) is 24.3 Å². The van der Waals surface area contributed by atoms with Crippen LogP contribution in [0.5, 0.6) is 0 Å². The van der Waals surface area contributed by atoms with Crippen LogP contribution in [-0.4, -0.2) is 82.8 Å². The summed E-state index contributed by atoms with van der Waals surface area (Å²) in [6.07, 6.45) is 10.1. The van der Waals surface area contributed by atoms with Crippen LogP contribution in [0.2, 0.25) is 0 Å². The van der Waals surface area contributed by atoms with Gasteiger partial charge in [-0.25, -0.2) is 0 Å². The number of carbonyl (C=O) groups is 3. The first-order valence-corrected chi connectivity index (χ1v) is 11.4. The molecule has 2 saturated heterocycles. The number of allylic oxidation sites excluding steroid dienone is 1. The molecule has 4 aliphatic heterocycles. The summed E-state index contributed by atoms with van der Waals surface area (Å²) in [5.41, 5.74) is -1.25. The number of carbonyl (C=O) groups excluding carboxylic acids is 3.